The molecular formula is C8H16FNO3S. The van der Waals surface area contributed by atoms with Crippen molar-refractivity contribution in [1.29, 1.82) is 0 Å². The van der Waals surface area contributed by atoms with Crippen molar-refractivity contribution in [3.63, 3.8) is 0 Å². The van der Waals surface area contributed by atoms with Crippen LogP contribution in [0.3, 0.4) is 0 Å². The van der Waals surface area contributed by atoms with Crippen LogP contribution in [-0.2, 0) is 10.1 Å². The van der Waals surface area contributed by atoms with Gasteiger partial charge in [0.15, 0.2) is 0 Å². The Morgan fingerprint density at radius 2 is 1.93 bits per heavy atom. The van der Waals surface area contributed by atoms with Crippen molar-refractivity contribution in [2.75, 3.05) is 5.75 Å². The number of hydrogen-bond donors (Lipinski definition) is 2. The SMILES string of the molecule is NC(C(F)CS(=O)(=O)O)C1CCCC1. The maximum atomic E-state index is 13.3. The van der Waals surface area contributed by atoms with Gasteiger partial charge < -0.3 is 5.73 Å². The van der Waals surface area contributed by atoms with E-state index < -0.39 is 28.1 Å². The number of nitrogens with two attached hydrogens (primary N) is 1. The van der Waals surface area contributed by atoms with Gasteiger partial charge in [-0.1, -0.05) is 12.8 Å². The Hall–Kier alpha value is -0.200. The molecule has 0 aromatic carbocycles. The van der Waals surface area contributed by atoms with Crippen molar-refractivity contribution in [3.05, 3.63) is 0 Å². The van der Waals surface area contributed by atoms with Crippen molar-refractivity contribution < 1.29 is 17.4 Å². The van der Waals surface area contributed by atoms with Crippen LogP contribution >= 0.6 is 0 Å². The van der Waals surface area contributed by atoms with Gasteiger partial charge in [0.05, 0.1) is 0 Å². The highest BCUT2D eigenvalue weighted by Gasteiger charge is 2.31. The second kappa shape index (κ2) is 4.55. The quantitative estimate of drug-likeness (QED) is 0.691. The van der Waals surface area contributed by atoms with Gasteiger partial charge in [-0.25, -0.2) is 4.39 Å². The largest absolute Gasteiger partial charge is 0.325 e. The van der Waals surface area contributed by atoms with E-state index in [0.29, 0.717) is 0 Å². The number of rotatable bonds is 4. The van der Waals surface area contributed by atoms with E-state index in [1.54, 1.807) is 0 Å². The first-order valence-corrected chi connectivity index (χ1v) is 6.36. The van der Waals surface area contributed by atoms with E-state index in [1.165, 1.54) is 0 Å². The van der Waals surface area contributed by atoms with Crippen LogP contribution in [-0.4, -0.2) is 30.9 Å². The van der Waals surface area contributed by atoms with Crippen molar-refractivity contribution in [2.24, 2.45) is 11.7 Å². The molecule has 0 radical (unpaired) electrons. The Morgan fingerprint density at radius 3 is 2.36 bits per heavy atom. The van der Waals surface area contributed by atoms with Gasteiger partial charge >= 0.3 is 0 Å². The van der Waals surface area contributed by atoms with Crippen molar-refractivity contribution in [1.82, 2.24) is 0 Å². The third-order valence-corrected chi connectivity index (χ3v) is 3.47. The fourth-order valence-electron chi connectivity index (χ4n) is 1.95. The van der Waals surface area contributed by atoms with Crippen LogP contribution in [0.25, 0.3) is 0 Å². The van der Waals surface area contributed by atoms with Gasteiger partial charge in [0.25, 0.3) is 10.1 Å². The van der Waals surface area contributed by atoms with Gasteiger partial charge in [0.2, 0.25) is 0 Å². The molecule has 0 aromatic heterocycles. The molecule has 1 rings (SSSR count). The van der Waals surface area contributed by atoms with E-state index in [-0.39, 0.29) is 5.92 Å². The zero-order valence-electron chi connectivity index (χ0n) is 7.89. The second-order valence-corrected chi connectivity index (χ2v) is 5.38. The number of hydrogen-bond acceptors (Lipinski definition) is 3. The normalized spacial score (nSPS) is 23.6. The molecule has 84 valence electrons. The summed E-state index contributed by atoms with van der Waals surface area (Å²) >= 11 is 0. The molecule has 0 heterocycles. The molecule has 0 bridgehead atoms. The summed E-state index contributed by atoms with van der Waals surface area (Å²) in [5, 5.41) is 0. The van der Waals surface area contributed by atoms with Crippen LogP contribution in [0.5, 0.6) is 0 Å². The van der Waals surface area contributed by atoms with Gasteiger partial charge in [0, 0.05) is 6.04 Å². The molecule has 4 nitrogen and oxygen atoms in total. The van der Waals surface area contributed by atoms with Gasteiger partial charge in [-0.2, -0.15) is 8.42 Å². The average Bonchev–Trinajstić information content (AvgIpc) is 2.51. The molecule has 1 aliphatic rings. The van der Waals surface area contributed by atoms with Crippen LogP contribution in [0.4, 0.5) is 4.39 Å². The molecule has 1 fully saturated rings. The summed E-state index contributed by atoms with van der Waals surface area (Å²) in [5.41, 5.74) is 5.58. The van der Waals surface area contributed by atoms with Crippen LogP contribution in [0, 0.1) is 5.92 Å². The molecule has 0 aliphatic heterocycles. The first-order chi connectivity index (χ1) is 6.40. The predicted octanol–water partition coefficient (Wildman–Crippen LogP) is 0.730. The average molecular weight is 225 g/mol. The maximum absolute atomic E-state index is 13.3. The highest BCUT2D eigenvalue weighted by Crippen LogP contribution is 2.28. The molecule has 0 aromatic rings. The molecule has 3 N–H and O–H groups in total. The summed E-state index contributed by atoms with van der Waals surface area (Å²) in [7, 11) is -4.25. The van der Waals surface area contributed by atoms with E-state index in [4.69, 9.17) is 10.3 Å². The standard InChI is InChI=1S/C8H16FNO3S/c9-7(5-14(11,12)13)8(10)6-3-1-2-4-6/h6-8H,1-5,10H2,(H,11,12,13). The lowest BCUT2D eigenvalue weighted by Crippen LogP contribution is -2.41. The fraction of sp³-hybridized carbons (Fsp3) is 1.00. The monoisotopic (exact) mass is 225 g/mol. The van der Waals surface area contributed by atoms with E-state index in [2.05, 4.69) is 0 Å². The minimum absolute atomic E-state index is 0.0618. The summed E-state index contributed by atoms with van der Waals surface area (Å²) in [6.45, 7) is 0. The lowest BCUT2D eigenvalue weighted by atomic mass is 9.96. The summed E-state index contributed by atoms with van der Waals surface area (Å²) in [6.07, 6.45) is 2.10. The van der Waals surface area contributed by atoms with Crippen LogP contribution in [0.15, 0.2) is 0 Å². The first kappa shape index (κ1) is 11.9. The van der Waals surface area contributed by atoms with Gasteiger partial charge in [-0.3, -0.25) is 4.55 Å². The van der Waals surface area contributed by atoms with Gasteiger partial charge in [0.1, 0.15) is 11.9 Å². The zero-order chi connectivity index (χ0) is 10.8. The van der Waals surface area contributed by atoms with Crippen LogP contribution in [0.2, 0.25) is 0 Å². The Kier molecular flexibility index (Phi) is 3.86. The maximum Gasteiger partial charge on any atom is 0.267 e. The molecule has 14 heavy (non-hydrogen) atoms. The molecule has 1 aliphatic carbocycles. The van der Waals surface area contributed by atoms with Crippen molar-refractivity contribution in [2.45, 2.75) is 37.9 Å². The van der Waals surface area contributed by atoms with Gasteiger partial charge in [-0.15, -0.1) is 0 Å². The molecule has 6 heteroatoms. The van der Waals surface area contributed by atoms with Crippen LogP contribution < -0.4 is 5.73 Å². The Morgan fingerprint density at radius 1 is 1.43 bits per heavy atom. The van der Waals surface area contributed by atoms with E-state index in [0.717, 1.165) is 25.7 Å². The summed E-state index contributed by atoms with van der Waals surface area (Å²) in [5.74, 6) is -0.822. The van der Waals surface area contributed by atoms with Crippen molar-refractivity contribution in [3.8, 4) is 0 Å². The van der Waals surface area contributed by atoms with Crippen LogP contribution in [0.1, 0.15) is 25.7 Å². The molecule has 1 saturated carbocycles. The lowest BCUT2D eigenvalue weighted by molar-refractivity contribution is 0.245. The Bertz CT molecular complexity index is 274. The van der Waals surface area contributed by atoms with Gasteiger partial charge in [-0.05, 0) is 18.8 Å². The zero-order valence-corrected chi connectivity index (χ0v) is 8.71. The van der Waals surface area contributed by atoms with E-state index >= 15 is 0 Å². The number of halogens is 1. The minimum Gasteiger partial charge on any atom is -0.325 e. The molecule has 0 spiro atoms. The summed E-state index contributed by atoms with van der Waals surface area (Å²) in [6, 6.07) is -0.764. The molecule has 2 unspecified atom stereocenters. The smallest absolute Gasteiger partial charge is 0.267 e. The highest BCUT2D eigenvalue weighted by atomic mass is 32.2. The first-order valence-electron chi connectivity index (χ1n) is 4.75. The lowest BCUT2D eigenvalue weighted by Gasteiger charge is -2.21. The predicted molar refractivity (Wildman–Crippen MR) is 51.2 cm³/mol. The fourth-order valence-corrected chi connectivity index (χ4v) is 2.57. The Labute approximate surface area is 83.4 Å². The molecule has 2 atom stereocenters. The Balaban J connectivity index is 2.47. The number of alkyl halides is 1. The van der Waals surface area contributed by atoms with E-state index in [1.807, 2.05) is 0 Å². The molecule has 0 saturated heterocycles. The third kappa shape index (κ3) is 3.51. The van der Waals surface area contributed by atoms with Crippen molar-refractivity contribution >= 4 is 10.1 Å². The summed E-state index contributed by atoms with van der Waals surface area (Å²) < 4.78 is 42.6. The topological polar surface area (TPSA) is 80.4 Å². The third-order valence-electron chi connectivity index (χ3n) is 2.73. The van der Waals surface area contributed by atoms with E-state index in [9.17, 15) is 12.8 Å². The minimum atomic E-state index is -4.25. The highest BCUT2D eigenvalue weighted by molar-refractivity contribution is 7.85. The molecule has 0 amide bonds. The second-order valence-electron chi connectivity index (χ2n) is 3.89. The molecular weight excluding hydrogens is 209 g/mol. The summed E-state index contributed by atoms with van der Waals surface area (Å²) in [4.78, 5) is 0.